The second-order valence-corrected chi connectivity index (χ2v) is 7.40. The Morgan fingerprint density at radius 3 is 1.25 bits per heavy atom. The van der Waals surface area contributed by atoms with Crippen molar-refractivity contribution in [3.05, 3.63) is 59.9 Å². The number of benzene rings is 2. The highest BCUT2D eigenvalue weighted by Gasteiger charge is 2.22. The van der Waals surface area contributed by atoms with Crippen LogP contribution in [0.25, 0.3) is 22.5 Å². The van der Waals surface area contributed by atoms with Crippen molar-refractivity contribution in [1.82, 2.24) is 9.97 Å². The van der Waals surface area contributed by atoms with Crippen molar-refractivity contribution in [2.24, 2.45) is 0 Å². The third-order valence-electron chi connectivity index (χ3n) is 5.39. The normalized spacial score (nSPS) is 13.3. The molecule has 0 amide bonds. The van der Waals surface area contributed by atoms with Crippen LogP contribution in [0.1, 0.15) is 63.8 Å². The van der Waals surface area contributed by atoms with Gasteiger partial charge in [0.2, 0.25) is 0 Å². The van der Waals surface area contributed by atoms with Crippen molar-refractivity contribution >= 4 is 0 Å². The predicted octanol–water partition coefficient (Wildman–Crippen LogP) is 6.25. The zero-order valence-corrected chi connectivity index (χ0v) is 17.0. The molecule has 28 heavy (non-hydrogen) atoms. The summed E-state index contributed by atoms with van der Waals surface area (Å²) >= 11 is 0. The summed E-state index contributed by atoms with van der Waals surface area (Å²) < 4.78 is 0. The van der Waals surface area contributed by atoms with E-state index in [9.17, 15) is 10.2 Å². The quantitative estimate of drug-likeness (QED) is 0.534. The number of nitrogens with zero attached hydrogens (tertiary/aromatic N) is 2. The number of rotatable bonds is 6. The lowest BCUT2D eigenvalue weighted by Crippen LogP contribution is -2.09. The van der Waals surface area contributed by atoms with Gasteiger partial charge in [-0.3, -0.25) is 0 Å². The molecular formula is C24H28N2O2. The third-order valence-corrected chi connectivity index (χ3v) is 5.39. The fraction of sp³-hybridized carbons (Fsp3) is 0.333. The summed E-state index contributed by atoms with van der Waals surface area (Å²) in [6.07, 6.45) is 1.91. The Bertz CT molecular complexity index is 855. The lowest BCUT2D eigenvalue weighted by atomic mass is 9.94. The molecule has 4 heteroatoms. The van der Waals surface area contributed by atoms with Crippen molar-refractivity contribution < 1.29 is 10.2 Å². The first-order valence-corrected chi connectivity index (χ1v) is 9.95. The number of aromatic nitrogens is 2. The molecule has 0 bridgehead atoms. The summed E-state index contributed by atoms with van der Waals surface area (Å²) in [5.74, 6) is 0.977. The topological polar surface area (TPSA) is 66.2 Å². The predicted molar refractivity (Wildman–Crippen MR) is 114 cm³/mol. The molecular weight excluding hydrogens is 348 g/mol. The lowest BCUT2D eigenvalue weighted by molar-refractivity contribution is 0.475. The molecule has 0 saturated heterocycles. The van der Waals surface area contributed by atoms with Gasteiger partial charge in [-0.15, -0.1) is 0 Å². The lowest BCUT2D eigenvalue weighted by Gasteiger charge is -2.21. The zero-order chi connectivity index (χ0) is 20.3. The first-order chi connectivity index (χ1) is 13.4. The minimum absolute atomic E-state index is 0.240. The molecule has 1 heterocycles. The largest absolute Gasteiger partial charge is 0.508 e. The fourth-order valence-corrected chi connectivity index (χ4v) is 3.20. The van der Waals surface area contributed by atoms with Crippen molar-refractivity contribution in [3.63, 3.8) is 0 Å². The Labute approximate surface area is 166 Å². The molecule has 2 unspecified atom stereocenters. The van der Waals surface area contributed by atoms with Crippen LogP contribution in [0, 0.1) is 0 Å². The monoisotopic (exact) mass is 376 g/mol. The van der Waals surface area contributed by atoms with E-state index in [0.29, 0.717) is 0 Å². The highest BCUT2D eigenvalue weighted by molar-refractivity contribution is 5.69. The summed E-state index contributed by atoms with van der Waals surface area (Å²) in [4.78, 5) is 10.2. The van der Waals surface area contributed by atoms with Gasteiger partial charge in [-0.25, -0.2) is 9.97 Å². The van der Waals surface area contributed by atoms with Crippen LogP contribution in [0.5, 0.6) is 11.5 Å². The maximum Gasteiger partial charge on any atom is 0.115 e. The molecule has 2 atom stereocenters. The van der Waals surface area contributed by atoms with Gasteiger partial charge in [0.1, 0.15) is 11.5 Å². The molecule has 0 aliphatic heterocycles. The molecule has 4 nitrogen and oxygen atoms in total. The second-order valence-electron chi connectivity index (χ2n) is 7.40. The third kappa shape index (κ3) is 4.01. The molecule has 0 radical (unpaired) electrons. The highest BCUT2D eigenvalue weighted by Crippen LogP contribution is 2.36. The van der Waals surface area contributed by atoms with Crippen LogP contribution >= 0.6 is 0 Å². The molecule has 1 aromatic heterocycles. The van der Waals surface area contributed by atoms with Crippen LogP contribution in [0.2, 0.25) is 0 Å². The second kappa shape index (κ2) is 8.42. The molecule has 3 rings (SSSR count). The molecule has 146 valence electrons. The molecule has 3 aromatic rings. The van der Waals surface area contributed by atoms with Crippen LogP contribution in [0.4, 0.5) is 0 Å². The minimum Gasteiger partial charge on any atom is -0.508 e. The van der Waals surface area contributed by atoms with Gasteiger partial charge in [-0.05, 0) is 61.4 Å². The van der Waals surface area contributed by atoms with E-state index < -0.39 is 0 Å². The number of phenolic OH excluding ortho intramolecular Hbond substituents is 2. The minimum atomic E-state index is 0.240. The fourth-order valence-electron chi connectivity index (χ4n) is 3.20. The highest BCUT2D eigenvalue weighted by atomic mass is 16.3. The molecule has 2 N–H and O–H groups in total. The van der Waals surface area contributed by atoms with Gasteiger partial charge in [-0.1, -0.05) is 27.7 Å². The van der Waals surface area contributed by atoms with Crippen molar-refractivity contribution in [2.75, 3.05) is 0 Å². The van der Waals surface area contributed by atoms with Crippen LogP contribution in [-0.2, 0) is 0 Å². The first-order valence-electron chi connectivity index (χ1n) is 9.95. The smallest absolute Gasteiger partial charge is 0.115 e. The Morgan fingerprint density at radius 1 is 0.643 bits per heavy atom. The average molecular weight is 377 g/mol. The molecule has 0 saturated carbocycles. The number of aromatic hydroxyl groups is 2. The zero-order valence-electron chi connectivity index (χ0n) is 17.0. The molecule has 0 aliphatic carbocycles. The van der Waals surface area contributed by atoms with Gasteiger partial charge in [0.05, 0.1) is 22.8 Å². The van der Waals surface area contributed by atoms with Crippen molar-refractivity contribution in [3.8, 4) is 34.0 Å². The number of phenols is 2. The van der Waals surface area contributed by atoms with E-state index in [0.717, 1.165) is 46.7 Å². The van der Waals surface area contributed by atoms with E-state index in [-0.39, 0.29) is 23.3 Å². The standard InChI is InChI=1S/C24H28N2O2/c1-5-15(3)21-23(17-7-11-19(27)12-8-17)26-22(16(4)6-2)24(25-21)18-9-13-20(28)14-10-18/h7-16,27-28H,5-6H2,1-4H3. The van der Waals surface area contributed by atoms with E-state index in [2.05, 4.69) is 27.7 Å². The van der Waals surface area contributed by atoms with Gasteiger partial charge < -0.3 is 10.2 Å². The van der Waals surface area contributed by atoms with Gasteiger partial charge in [0.15, 0.2) is 0 Å². The van der Waals surface area contributed by atoms with Crippen LogP contribution in [-0.4, -0.2) is 20.2 Å². The number of hydrogen-bond donors (Lipinski definition) is 2. The van der Waals surface area contributed by atoms with Gasteiger partial charge in [0.25, 0.3) is 0 Å². The van der Waals surface area contributed by atoms with Gasteiger partial charge in [-0.2, -0.15) is 0 Å². The summed E-state index contributed by atoms with van der Waals surface area (Å²) in [5, 5.41) is 19.3. The summed E-state index contributed by atoms with van der Waals surface area (Å²) in [6.45, 7) is 8.63. The summed E-state index contributed by atoms with van der Waals surface area (Å²) in [5.41, 5.74) is 5.61. The Kier molecular flexibility index (Phi) is 5.98. The van der Waals surface area contributed by atoms with Gasteiger partial charge in [0, 0.05) is 23.0 Å². The molecule has 0 aliphatic rings. The molecule has 2 aromatic carbocycles. The van der Waals surface area contributed by atoms with Crippen LogP contribution in [0.15, 0.2) is 48.5 Å². The average Bonchev–Trinajstić information content (AvgIpc) is 2.73. The maximum atomic E-state index is 9.67. The van der Waals surface area contributed by atoms with Crippen LogP contribution in [0.3, 0.4) is 0 Å². The summed E-state index contributed by atoms with van der Waals surface area (Å²) in [7, 11) is 0. The van der Waals surface area contributed by atoms with Crippen molar-refractivity contribution in [2.45, 2.75) is 52.4 Å². The van der Waals surface area contributed by atoms with E-state index in [1.165, 1.54) is 0 Å². The van der Waals surface area contributed by atoms with Crippen LogP contribution < -0.4 is 0 Å². The van der Waals surface area contributed by atoms with Crippen molar-refractivity contribution in [1.29, 1.82) is 0 Å². The van der Waals surface area contributed by atoms with Gasteiger partial charge >= 0.3 is 0 Å². The Balaban J connectivity index is 2.27. The molecule has 0 spiro atoms. The SMILES string of the molecule is CCC(C)c1nc(-c2ccc(O)cc2)c(C(C)CC)nc1-c1ccc(O)cc1. The molecule has 0 fully saturated rings. The summed E-state index contributed by atoms with van der Waals surface area (Å²) in [6, 6.07) is 14.3. The van der Waals surface area contributed by atoms with E-state index >= 15 is 0 Å². The van der Waals surface area contributed by atoms with E-state index in [1.807, 2.05) is 24.3 Å². The first kappa shape index (κ1) is 19.9. The Hall–Kier alpha value is -2.88. The maximum absolute atomic E-state index is 9.67. The Morgan fingerprint density at radius 2 is 0.964 bits per heavy atom. The number of hydrogen-bond acceptors (Lipinski definition) is 4. The van der Waals surface area contributed by atoms with E-state index in [4.69, 9.17) is 9.97 Å². The van der Waals surface area contributed by atoms with E-state index in [1.54, 1.807) is 24.3 Å².